The van der Waals surface area contributed by atoms with Gasteiger partial charge in [-0.3, -0.25) is 4.79 Å². The zero-order valence-corrected chi connectivity index (χ0v) is 6.15. The highest BCUT2D eigenvalue weighted by Gasteiger charge is 2.10. The van der Waals surface area contributed by atoms with Crippen LogP contribution in [0, 0.1) is 5.92 Å². The van der Waals surface area contributed by atoms with E-state index in [2.05, 4.69) is 0 Å². The Kier molecular flexibility index (Phi) is 7.48. The van der Waals surface area contributed by atoms with Gasteiger partial charge in [-0.25, -0.2) is 0 Å². The second kappa shape index (κ2) is 5.85. The predicted molar refractivity (Wildman–Crippen MR) is 37.7 cm³/mol. The van der Waals surface area contributed by atoms with E-state index in [0.29, 0.717) is 6.42 Å². The van der Waals surface area contributed by atoms with Crippen LogP contribution >= 0.6 is 12.4 Å². The van der Waals surface area contributed by atoms with Crippen LogP contribution in [-0.4, -0.2) is 17.6 Å². The molecule has 0 aliphatic carbocycles. The smallest absolute Gasteiger partial charge is 0.307 e. The van der Waals surface area contributed by atoms with Crippen LogP contribution in [0.25, 0.3) is 0 Å². The molecule has 0 aliphatic heterocycles. The van der Waals surface area contributed by atoms with Crippen LogP contribution in [0.5, 0.6) is 0 Å². The Morgan fingerprint density at radius 3 is 2.22 bits per heavy atom. The summed E-state index contributed by atoms with van der Waals surface area (Å²) in [7, 11) is 0. The number of halogens is 1. The van der Waals surface area contributed by atoms with E-state index in [4.69, 9.17) is 10.8 Å². The minimum atomic E-state index is -0.796. The normalized spacial score (nSPS) is 11.8. The van der Waals surface area contributed by atoms with Crippen molar-refractivity contribution in [2.75, 3.05) is 6.54 Å². The van der Waals surface area contributed by atoms with Crippen molar-refractivity contribution in [2.45, 2.75) is 13.3 Å². The molecule has 56 valence electrons. The van der Waals surface area contributed by atoms with Crippen LogP contribution in [-0.2, 0) is 4.79 Å². The van der Waals surface area contributed by atoms with E-state index in [0.717, 1.165) is 0 Å². The molecule has 9 heavy (non-hydrogen) atoms. The van der Waals surface area contributed by atoms with E-state index in [1.165, 1.54) is 0 Å². The SMILES string of the molecule is CC[C@H](CN)C(=O)O.Cl. The monoisotopic (exact) mass is 153 g/mol. The first-order valence-electron chi connectivity index (χ1n) is 2.65. The largest absolute Gasteiger partial charge is 0.481 e. The van der Waals surface area contributed by atoms with Crippen molar-refractivity contribution in [1.82, 2.24) is 0 Å². The Labute approximate surface area is 60.6 Å². The molecule has 0 radical (unpaired) electrons. The summed E-state index contributed by atoms with van der Waals surface area (Å²) in [6.07, 6.45) is 0.617. The van der Waals surface area contributed by atoms with Crippen molar-refractivity contribution >= 4 is 18.4 Å². The number of hydrogen-bond acceptors (Lipinski definition) is 2. The Morgan fingerprint density at radius 2 is 2.22 bits per heavy atom. The van der Waals surface area contributed by atoms with Gasteiger partial charge >= 0.3 is 5.97 Å². The summed E-state index contributed by atoms with van der Waals surface area (Å²) in [6, 6.07) is 0. The molecule has 0 aromatic carbocycles. The lowest BCUT2D eigenvalue weighted by Gasteiger charge is -2.02. The fourth-order valence-electron chi connectivity index (χ4n) is 0.442. The van der Waals surface area contributed by atoms with Gasteiger partial charge in [0.05, 0.1) is 5.92 Å². The Morgan fingerprint density at radius 1 is 1.78 bits per heavy atom. The van der Waals surface area contributed by atoms with Gasteiger partial charge in [0.1, 0.15) is 0 Å². The molecule has 0 aromatic heterocycles. The number of rotatable bonds is 3. The molecule has 0 bridgehead atoms. The third kappa shape index (κ3) is 4.24. The maximum atomic E-state index is 10.1. The highest BCUT2D eigenvalue weighted by atomic mass is 35.5. The fraction of sp³-hybridized carbons (Fsp3) is 0.800. The number of nitrogens with two attached hydrogens (primary N) is 1. The van der Waals surface area contributed by atoms with Crippen molar-refractivity contribution < 1.29 is 9.90 Å². The van der Waals surface area contributed by atoms with Gasteiger partial charge in [-0.1, -0.05) is 6.92 Å². The summed E-state index contributed by atoms with van der Waals surface area (Å²) in [5.74, 6) is -1.15. The topological polar surface area (TPSA) is 63.3 Å². The van der Waals surface area contributed by atoms with E-state index < -0.39 is 5.97 Å². The van der Waals surface area contributed by atoms with E-state index in [-0.39, 0.29) is 24.9 Å². The summed E-state index contributed by atoms with van der Waals surface area (Å²) in [6.45, 7) is 2.05. The highest BCUT2D eigenvalue weighted by Crippen LogP contribution is 1.97. The Hall–Kier alpha value is -0.280. The van der Waals surface area contributed by atoms with Crippen molar-refractivity contribution in [3.05, 3.63) is 0 Å². The summed E-state index contributed by atoms with van der Waals surface area (Å²) < 4.78 is 0. The van der Waals surface area contributed by atoms with E-state index in [1.807, 2.05) is 6.92 Å². The van der Waals surface area contributed by atoms with Gasteiger partial charge in [-0.2, -0.15) is 0 Å². The highest BCUT2D eigenvalue weighted by molar-refractivity contribution is 5.85. The molecular weight excluding hydrogens is 142 g/mol. The van der Waals surface area contributed by atoms with Crippen LogP contribution in [0.1, 0.15) is 13.3 Å². The van der Waals surface area contributed by atoms with Crippen LogP contribution in [0.3, 0.4) is 0 Å². The quantitative estimate of drug-likeness (QED) is 0.620. The van der Waals surface area contributed by atoms with Crippen LogP contribution in [0.4, 0.5) is 0 Å². The van der Waals surface area contributed by atoms with Gasteiger partial charge in [0, 0.05) is 6.54 Å². The molecule has 3 N–H and O–H groups in total. The maximum Gasteiger partial charge on any atom is 0.307 e. The summed E-state index contributed by atoms with van der Waals surface area (Å²) in [4.78, 5) is 10.1. The maximum absolute atomic E-state index is 10.1. The van der Waals surface area contributed by atoms with Crippen molar-refractivity contribution in [3.63, 3.8) is 0 Å². The third-order valence-electron chi connectivity index (χ3n) is 1.13. The molecule has 0 aliphatic rings. The van der Waals surface area contributed by atoms with Crippen molar-refractivity contribution in [2.24, 2.45) is 11.7 Å². The molecule has 0 fully saturated rings. The molecule has 3 nitrogen and oxygen atoms in total. The van der Waals surface area contributed by atoms with Gasteiger partial charge in [0.2, 0.25) is 0 Å². The molecule has 0 amide bonds. The molecule has 1 atom stereocenters. The van der Waals surface area contributed by atoms with Crippen molar-refractivity contribution in [1.29, 1.82) is 0 Å². The average molecular weight is 154 g/mol. The minimum Gasteiger partial charge on any atom is -0.481 e. The number of aliphatic carboxylic acids is 1. The zero-order chi connectivity index (χ0) is 6.57. The van der Waals surface area contributed by atoms with Gasteiger partial charge < -0.3 is 10.8 Å². The summed E-state index contributed by atoms with van der Waals surface area (Å²) in [5, 5.41) is 8.29. The summed E-state index contributed by atoms with van der Waals surface area (Å²) in [5.41, 5.74) is 5.10. The lowest BCUT2D eigenvalue weighted by molar-refractivity contribution is -0.141. The van der Waals surface area contributed by atoms with Gasteiger partial charge in [-0.05, 0) is 6.42 Å². The molecule has 0 saturated heterocycles. The van der Waals surface area contributed by atoms with E-state index in [1.54, 1.807) is 0 Å². The summed E-state index contributed by atoms with van der Waals surface area (Å²) >= 11 is 0. The van der Waals surface area contributed by atoms with Gasteiger partial charge in [-0.15, -0.1) is 12.4 Å². The van der Waals surface area contributed by atoms with Crippen molar-refractivity contribution in [3.8, 4) is 0 Å². The molecule has 4 heteroatoms. The number of carbonyl (C=O) groups is 1. The molecule has 0 rings (SSSR count). The first kappa shape index (κ1) is 11.5. The second-order valence-corrected chi connectivity index (χ2v) is 1.68. The molecule has 0 unspecified atom stereocenters. The Balaban J connectivity index is 0. The zero-order valence-electron chi connectivity index (χ0n) is 5.33. The number of carboxylic acids is 1. The molecule has 0 heterocycles. The average Bonchev–Trinajstić information content (AvgIpc) is 1.69. The molecule has 0 saturated carbocycles. The van der Waals surface area contributed by atoms with Crippen LogP contribution in [0.15, 0.2) is 0 Å². The lowest BCUT2D eigenvalue weighted by Crippen LogP contribution is -2.21. The predicted octanol–water partition coefficient (Wildman–Crippen LogP) is 0.478. The first-order chi connectivity index (χ1) is 3.72. The minimum absolute atomic E-state index is 0. The standard InChI is InChI=1S/C5H11NO2.ClH/c1-2-4(3-6)5(7)8;/h4H,2-3,6H2,1H3,(H,7,8);1H/t4-;/m1./s1. The fourth-order valence-corrected chi connectivity index (χ4v) is 0.442. The second-order valence-electron chi connectivity index (χ2n) is 1.68. The lowest BCUT2D eigenvalue weighted by atomic mass is 10.1. The van der Waals surface area contributed by atoms with Crippen LogP contribution in [0.2, 0.25) is 0 Å². The van der Waals surface area contributed by atoms with Gasteiger partial charge in [0.25, 0.3) is 0 Å². The number of carboxylic acid groups (broad SMARTS) is 1. The first-order valence-corrected chi connectivity index (χ1v) is 2.65. The molecular formula is C5H12ClNO2. The number of hydrogen-bond donors (Lipinski definition) is 2. The molecule has 0 spiro atoms. The van der Waals surface area contributed by atoms with Gasteiger partial charge in [0.15, 0.2) is 0 Å². The van der Waals surface area contributed by atoms with Crippen LogP contribution < -0.4 is 5.73 Å². The molecule has 0 aromatic rings. The van der Waals surface area contributed by atoms with E-state index in [9.17, 15) is 4.79 Å². The Bertz CT molecular complexity index is 83.0. The van der Waals surface area contributed by atoms with E-state index >= 15 is 0 Å². The third-order valence-corrected chi connectivity index (χ3v) is 1.13.